The van der Waals surface area contributed by atoms with E-state index in [0.29, 0.717) is 22.3 Å². The standard InChI is InChI=1S/C15H13F2N3S/c1-9-6-7-11-10(8-9)19-15(18)20(11)12-4-2-3-5-13(12)21-14(16)17/h2-8,14H,1H3,(H2,18,19). The third-order valence-corrected chi connectivity index (χ3v) is 3.94. The Kier molecular flexibility index (Phi) is 3.55. The number of benzene rings is 2. The van der Waals surface area contributed by atoms with Crippen molar-refractivity contribution in [1.82, 2.24) is 9.55 Å². The van der Waals surface area contributed by atoms with E-state index in [1.165, 1.54) is 0 Å². The number of alkyl halides is 2. The van der Waals surface area contributed by atoms with Crippen molar-refractivity contribution in [3.63, 3.8) is 0 Å². The Morgan fingerprint density at radius 3 is 2.71 bits per heavy atom. The number of aromatic nitrogens is 2. The van der Waals surface area contributed by atoms with Crippen LogP contribution in [0.25, 0.3) is 16.7 Å². The van der Waals surface area contributed by atoms with E-state index in [1.54, 1.807) is 28.8 Å². The fourth-order valence-corrected chi connectivity index (χ4v) is 2.93. The zero-order chi connectivity index (χ0) is 15.0. The van der Waals surface area contributed by atoms with Gasteiger partial charge in [0.15, 0.2) is 0 Å². The fourth-order valence-electron chi connectivity index (χ4n) is 2.30. The zero-order valence-corrected chi connectivity index (χ0v) is 12.1. The molecule has 0 aliphatic rings. The van der Waals surface area contributed by atoms with E-state index in [-0.39, 0.29) is 5.95 Å². The van der Waals surface area contributed by atoms with Gasteiger partial charge in [0.25, 0.3) is 5.76 Å². The summed E-state index contributed by atoms with van der Waals surface area (Å²) in [6.07, 6.45) is 0. The molecule has 108 valence electrons. The molecule has 6 heteroatoms. The third kappa shape index (κ3) is 2.58. The second-order valence-electron chi connectivity index (χ2n) is 4.64. The first-order valence-electron chi connectivity index (χ1n) is 6.35. The Morgan fingerprint density at radius 2 is 1.95 bits per heavy atom. The molecule has 2 aromatic carbocycles. The van der Waals surface area contributed by atoms with E-state index >= 15 is 0 Å². The number of imidazole rings is 1. The maximum absolute atomic E-state index is 12.7. The Bertz CT molecular complexity index is 799. The molecule has 3 rings (SSSR count). The molecule has 21 heavy (non-hydrogen) atoms. The van der Waals surface area contributed by atoms with E-state index < -0.39 is 5.76 Å². The van der Waals surface area contributed by atoms with E-state index in [0.717, 1.165) is 16.6 Å². The number of aryl methyl sites for hydroxylation is 1. The first kappa shape index (κ1) is 13.9. The molecule has 0 amide bonds. The molecule has 0 saturated heterocycles. The van der Waals surface area contributed by atoms with Crippen LogP contribution in [0.1, 0.15) is 5.56 Å². The second kappa shape index (κ2) is 5.37. The predicted molar refractivity (Wildman–Crippen MR) is 82.1 cm³/mol. The van der Waals surface area contributed by atoms with E-state index in [4.69, 9.17) is 5.73 Å². The summed E-state index contributed by atoms with van der Waals surface area (Å²) in [6, 6.07) is 12.7. The SMILES string of the molecule is Cc1ccc2c(c1)nc(N)n2-c1ccccc1SC(F)F. The minimum absolute atomic E-state index is 0.290. The highest BCUT2D eigenvalue weighted by molar-refractivity contribution is 7.99. The Hall–Kier alpha value is -2.08. The van der Waals surface area contributed by atoms with Crippen LogP contribution in [-0.2, 0) is 0 Å². The Morgan fingerprint density at radius 1 is 1.19 bits per heavy atom. The lowest BCUT2D eigenvalue weighted by molar-refractivity contribution is 0.252. The number of rotatable bonds is 3. The van der Waals surface area contributed by atoms with Gasteiger partial charge in [0.1, 0.15) is 0 Å². The van der Waals surface area contributed by atoms with Crippen molar-refractivity contribution in [2.75, 3.05) is 5.73 Å². The van der Waals surface area contributed by atoms with Crippen LogP contribution in [0.2, 0.25) is 0 Å². The molecule has 3 aromatic rings. The fraction of sp³-hybridized carbons (Fsp3) is 0.133. The molecule has 0 fully saturated rings. The largest absolute Gasteiger partial charge is 0.369 e. The number of hydrogen-bond acceptors (Lipinski definition) is 3. The maximum atomic E-state index is 12.7. The second-order valence-corrected chi connectivity index (χ2v) is 5.68. The molecule has 1 heterocycles. The third-order valence-electron chi connectivity index (χ3n) is 3.16. The highest BCUT2D eigenvalue weighted by Crippen LogP contribution is 2.33. The normalized spacial score (nSPS) is 11.4. The van der Waals surface area contributed by atoms with Gasteiger partial charge in [-0.05, 0) is 36.8 Å². The van der Waals surface area contributed by atoms with Gasteiger partial charge in [-0.3, -0.25) is 4.57 Å². The van der Waals surface area contributed by atoms with Gasteiger partial charge in [-0.25, -0.2) is 4.98 Å². The van der Waals surface area contributed by atoms with Crippen molar-refractivity contribution >= 4 is 28.7 Å². The summed E-state index contributed by atoms with van der Waals surface area (Å²) in [5.41, 5.74) is 9.24. The quantitative estimate of drug-likeness (QED) is 0.736. The van der Waals surface area contributed by atoms with E-state index in [2.05, 4.69) is 4.98 Å². The minimum atomic E-state index is -2.48. The van der Waals surface area contributed by atoms with Gasteiger partial charge < -0.3 is 5.73 Å². The molecular weight excluding hydrogens is 292 g/mol. The van der Waals surface area contributed by atoms with Gasteiger partial charge in [-0.2, -0.15) is 8.78 Å². The Labute approximate surface area is 124 Å². The molecule has 0 bridgehead atoms. The van der Waals surface area contributed by atoms with Crippen LogP contribution in [0.5, 0.6) is 0 Å². The molecule has 2 N–H and O–H groups in total. The van der Waals surface area contributed by atoms with Crippen LogP contribution in [0.15, 0.2) is 47.4 Å². The summed E-state index contributed by atoms with van der Waals surface area (Å²) in [6.45, 7) is 1.97. The number of nitrogens with zero attached hydrogens (tertiary/aromatic N) is 2. The van der Waals surface area contributed by atoms with Crippen LogP contribution < -0.4 is 5.73 Å². The molecule has 0 aliphatic carbocycles. The Balaban J connectivity index is 2.23. The van der Waals surface area contributed by atoms with Gasteiger partial charge in [-0.15, -0.1) is 0 Å². The van der Waals surface area contributed by atoms with Crippen molar-refractivity contribution in [2.24, 2.45) is 0 Å². The molecule has 0 atom stereocenters. The lowest BCUT2D eigenvalue weighted by Crippen LogP contribution is -2.02. The van der Waals surface area contributed by atoms with Gasteiger partial charge in [0.05, 0.1) is 16.7 Å². The van der Waals surface area contributed by atoms with E-state index in [9.17, 15) is 8.78 Å². The van der Waals surface area contributed by atoms with Crippen LogP contribution in [-0.4, -0.2) is 15.3 Å². The summed E-state index contributed by atoms with van der Waals surface area (Å²) >= 11 is 0.506. The first-order valence-corrected chi connectivity index (χ1v) is 7.23. The minimum Gasteiger partial charge on any atom is -0.369 e. The molecule has 0 radical (unpaired) electrons. The van der Waals surface area contributed by atoms with Gasteiger partial charge in [0, 0.05) is 4.90 Å². The highest BCUT2D eigenvalue weighted by Gasteiger charge is 2.15. The summed E-state index contributed by atoms with van der Waals surface area (Å²) in [4.78, 5) is 4.79. The lowest BCUT2D eigenvalue weighted by Gasteiger charge is -2.11. The molecule has 1 aromatic heterocycles. The number of para-hydroxylation sites is 1. The number of hydrogen-bond donors (Lipinski definition) is 1. The van der Waals surface area contributed by atoms with Gasteiger partial charge in [0.2, 0.25) is 5.95 Å². The molecule has 0 spiro atoms. The number of halogens is 2. The zero-order valence-electron chi connectivity index (χ0n) is 11.3. The molecular formula is C15H13F2N3S. The average Bonchev–Trinajstić information content (AvgIpc) is 2.74. The first-order chi connectivity index (χ1) is 10.1. The van der Waals surface area contributed by atoms with Crippen molar-refractivity contribution < 1.29 is 8.78 Å². The number of thioether (sulfide) groups is 1. The smallest absolute Gasteiger partial charge is 0.288 e. The summed E-state index contributed by atoms with van der Waals surface area (Å²) in [5, 5.41) is 0. The van der Waals surface area contributed by atoms with Crippen molar-refractivity contribution in [3.8, 4) is 5.69 Å². The topological polar surface area (TPSA) is 43.8 Å². The number of anilines is 1. The van der Waals surface area contributed by atoms with Crippen molar-refractivity contribution in [2.45, 2.75) is 17.6 Å². The highest BCUT2D eigenvalue weighted by atomic mass is 32.2. The van der Waals surface area contributed by atoms with Gasteiger partial charge >= 0.3 is 0 Å². The molecule has 0 aliphatic heterocycles. The van der Waals surface area contributed by atoms with Crippen LogP contribution in [0.3, 0.4) is 0 Å². The number of nitrogen functional groups attached to an aromatic ring is 1. The van der Waals surface area contributed by atoms with Gasteiger partial charge in [-0.1, -0.05) is 30.0 Å². The molecule has 0 saturated carbocycles. The van der Waals surface area contributed by atoms with Crippen molar-refractivity contribution in [3.05, 3.63) is 48.0 Å². The predicted octanol–water partition coefficient (Wildman–Crippen LogP) is 4.23. The monoisotopic (exact) mass is 305 g/mol. The van der Waals surface area contributed by atoms with Crippen LogP contribution >= 0.6 is 11.8 Å². The van der Waals surface area contributed by atoms with E-state index in [1.807, 2.05) is 25.1 Å². The summed E-state index contributed by atoms with van der Waals surface area (Å²) < 4.78 is 27.1. The van der Waals surface area contributed by atoms with Crippen molar-refractivity contribution in [1.29, 1.82) is 0 Å². The summed E-state index contributed by atoms with van der Waals surface area (Å²) in [5.74, 6) is -2.19. The number of nitrogens with two attached hydrogens (primary N) is 1. The lowest BCUT2D eigenvalue weighted by atomic mass is 10.2. The van der Waals surface area contributed by atoms with Crippen LogP contribution in [0.4, 0.5) is 14.7 Å². The van der Waals surface area contributed by atoms with Crippen LogP contribution in [0, 0.1) is 6.92 Å². The molecule has 0 unspecified atom stereocenters. The number of fused-ring (bicyclic) bond motifs is 1. The molecule has 3 nitrogen and oxygen atoms in total. The average molecular weight is 305 g/mol. The maximum Gasteiger partial charge on any atom is 0.288 e. The summed E-state index contributed by atoms with van der Waals surface area (Å²) in [7, 11) is 0.